The van der Waals surface area contributed by atoms with Crippen LogP contribution in [0.5, 0.6) is 5.75 Å². The first-order chi connectivity index (χ1) is 15.1. The summed E-state index contributed by atoms with van der Waals surface area (Å²) in [5, 5.41) is 11.2. The van der Waals surface area contributed by atoms with Gasteiger partial charge < -0.3 is 19.4 Å². The molecule has 0 fully saturated rings. The molecule has 0 aliphatic heterocycles. The minimum absolute atomic E-state index is 0.0199. The van der Waals surface area contributed by atoms with E-state index in [0.717, 1.165) is 11.1 Å². The van der Waals surface area contributed by atoms with Crippen molar-refractivity contribution in [3.63, 3.8) is 0 Å². The zero-order chi connectivity index (χ0) is 22.1. The summed E-state index contributed by atoms with van der Waals surface area (Å²) in [6.07, 6.45) is 1.80. The van der Waals surface area contributed by atoms with Crippen molar-refractivity contribution < 1.29 is 18.7 Å². The van der Waals surface area contributed by atoms with Crippen LogP contribution in [-0.2, 0) is 24.3 Å². The van der Waals surface area contributed by atoms with Crippen molar-refractivity contribution in [3.8, 4) is 11.8 Å². The minimum Gasteiger partial charge on any atom is -0.479 e. The molecule has 0 atom stereocenters. The van der Waals surface area contributed by atoms with Gasteiger partial charge in [0.2, 0.25) is 5.91 Å². The second kappa shape index (κ2) is 10.6. The van der Waals surface area contributed by atoms with Gasteiger partial charge in [-0.2, -0.15) is 5.26 Å². The predicted molar refractivity (Wildman–Crippen MR) is 114 cm³/mol. The molecule has 0 aliphatic carbocycles. The fraction of sp³-hybridized carbons (Fsp3) is 0.208. The Kier molecular flexibility index (Phi) is 7.44. The molecule has 7 heteroatoms. The van der Waals surface area contributed by atoms with Crippen LogP contribution >= 0.6 is 0 Å². The molecule has 1 N–H and O–H groups in total. The smallest absolute Gasteiger partial charge is 0.251 e. The molecule has 1 heterocycles. The highest BCUT2D eigenvalue weighted by atomic mass is 16.5. The lowest BCUT2D eigenvalue weighted by Crippen LogP contribution is -2.31. The van der Waals surface area contributed by atoms with Gasteiger partial charge in [-0.1, -0.05) is 24.3 Å². The van der Waals surface area contributed by atoms with Crippen LogP contribution in [0, 0.1) is 11.3 Å². The summed E-state index contributed by atoms with van der Waals surface area (Å²) in [4.78, 5) is 26.5. The summed E-state index contributed by atoms with van der Waals surface area (Å²) in [7, 11) is 1.59. The number of nitriles is 1. The van der Waals surface area contributed by atoms with E-state index in [1.165, 1.54) is 0 Å². The van der Waals surface area contributed by atoms with E-state index in [1.54, 1.807) is 48.5 Å². The van der Waals surface area contributed by atoms with E-state index < -0.39 is 0 Å². The van der Waals surface area contributed by atoms with Gasteiger partial charge in [-0.25, -0.2) is 0 Å². The van der Waals surface area contributed by atoms with Crippen LogP contribution in [0.1, 0.15) is 27.2 Å². The third kappa shape index (κ3) is 6.21. The summed E-state index contributed by atoms with van der Waals surface area (Å²) in [5.74, 6) is 1.06. The highest BCUT2D eigenvalue weighted by molar-refractivity contribution is 5.93. The van der Waals surface area contributed by atoms with Gasteiger partial charge in [-0.15, -0.1) is 0 Å². The van der Waals surface area contributed by atoms with Crippen LogP contribution in [0.25, 0.3) is 0 Å². The third-order valence-corrected chi connectivity index (χ3v) is 4.68. The standard InChI is InChI=1S/C24H23N3O4/c1-26-24(29)20-8-4-19(5-9-20)16-27(17-22-3-2-13-30-22)23(28)15-18-6-10-21(11-7-18)31-14-12-25/h2-11,13H,14-17H2,1H3,(H,26,29). The van der Waals surface area contributed by atoms with Gasteiger partial charge in [-0.05, 0) is 47.5 Å². The first-order valence-electron chi connectivity index (χ1n) is 9.79. The normalized spacial score (nSPS) is 10.2. The van der Waals surface area contributed by atoms with E-state index in [4.69, 9.17) is 14.4 Å². The summed E-state index contributed by atoms with van der Waals surface area (Å²) in [5.41, 5.74) is 2.32. The average molecular weight is 417 g/mol. The van der Waals surface area contributed by atoms with Gasteiger partial charge in [0.1, 0.15) is 17.6 Å². The molecule has 2 amide bonds. The van der Waals surface area contributed by atoms with Gasteiger partial charge in [0, 0.05) is 19.2 Å². The first kappa shape index (κ1) is 21.7. The Bertz CT molecular complexity index is 1040. The number of carbonyl (C=O) groups is 2. The molecule has 1 aromatic heterocycles. The van der Waals surface area contributed by atoms with Crippen molar-refractivity contribution in [1.29, 1.82) is 5.26 Å². The number of rotatable bonds is 9. The maximum Gasteiger partial charge on any atom is 0.251 e. The zero-order valence-corrected chi connectivity index (χ0v) is 17.2. The first-order valence-corrected chi connectivity index (χ1v) is 9.79. The fourth-order valence-corrected chi connectivity index (χ4v) is 3.05. The highest BCUT2D eigenvalue weighted by Gasteiger charge is 2.17. The van der Waals surface area contributed by atoms with Crippen molar-refractivity contribution in [2.45, 2.75) is 19.5 Å². The van der Waals surface area contributed by atoms with Gasteiger partial charge in [0.25, 0.3) is 5.91 Å². The monoisotopic (exact) mass is 417 g/mol. The molecule has 2 aromatic carbocycles. The molecule has 31 heavy (non-hydrogen) atoms. The molecular formula is C24H23N3O4. The van der Waals surface area contributed by atoms with Crippen molar-refractivity contribution in [2.75, 3.05) is 13.7 Å². The maximum absolute atomic E-state index is 13.1. The Morgan fingerprint density at radius 3 is 2.35 bits per heavy atom. The molecule has 0 radical (unpaired) electrons. The molecular weight excluding hydrogens is 394 g/mol. The SMILES string of the molecule is CNC(=O)c1ccc(CN(Cc2ccco2)C(=O)Cc2ccc(OCC#N)cc2)cc1. The Hall–Kier alpha value is -4.05. The lowest BCUT2D eigenvalue weighted by Gasteiger charge is -2.22. The topological polar surface area (TPSA) is 95.6 Å². The summed E-state index contributed by atoms with van der Waals surface area (Å²) in [6, 6.07) is 19.8. The van der Waals surface area contributed by atoms with E-state index in [9.17, 15) is 9.59 Å². The van der Waals surface area contributed by atoms with Crippen LogP contribution in [0.15, 0.2) is 71.3 Å². The van der Waals surface area contributed by atoms with E-state index in [-0.39, 0.29) is 24.8 Å². The number of nitrogens with one attached hydrogen (secondary N) is 1. The van der Waals surface area contributed by atoms with Gasteiger partial charge >= 0.3 is 0 Å². The molecule has 0 aliphatic rings. The Labute approximate surface area is 180 Å². The zero-order valence-electron chi connectivity index (χ0n) is 17.2. The van der Waals surface area contributed by atoms with Crippen molar-refractivity contribution in [3.05, 3.63) is 89.4 Å². The van der Waals surface area contributed by atoms with E-state index in [0.29, 0.717) is 30.2 Å². The predicted octanol–water partition coefficient (Wildman–Crippen LogP) is 3.31. The van der Waals surface area contributed by atoms with E-state index >= 15 is 0 Å². The van der Waals surface area contributed by atoms with Gasteiger partial charge in [0.05, 0.1) is 19.2 Å². The number of hydrogen-bond donors (Lipinski definition) is 1. The molecule has 0 bridgehead atoms. The van der Waals surface area contributed by atoms with Crippen LogP contribution in [0.3, 0.4) is 0 Å². The van der Waals surface area contributed by atoms with Gasteiger partial charge in [0.15, 0.2) is 6.61 Å². The number of amides is 2. The maximum atomic E-state index is 13.1. The summed E-state index contributed by atoms with van der Waals surface area (Å²) in [6.45, 7) is 0.706. The number of ether oxygens (including phenoxy) is 1. The summed E-state index contributed by atoms with van der Waals surface area (Å²) >= 11 is 0. The molecule has 3 aromatic rings. The van der Waals surface area contributed by atoms with Crippen LogP contribution in [-0.4, -0.2) is 30.4 Å². The van der Waals surface area contributed by atoms with Crippen molar-refractivity contribution in [2.24, 2.45) is 0 Å². The second-order valence-electron chi connectivity index (χ2n) is 6.87. The number of hydrogen-bond acceptors (Lipinski definition) is 5. The Balaban J connectivity index is 1.71. The molecule has 0 saturated carbocycles. The molecule has 0 unspecified atom stereocenters. The summed E-state index contributed by atoms with van der Waals surface area (Å²) < 4.78 is 10.7. The largest absolute Gasteiger partial charge is 0.479 e. The number of carbonyl (C=O) groups excluding carboxylic acids is 2. The van der Waals surface area contributed by atoms with Crippen LogP contribution in [0.4, 0.5) is 0 Å². The van der Waals surface area contributed by atoms with E-state index in [1.807, 2.05) is 36.4 Å². The average Bonchev–Trinajstić information content (AvgIpc) is 3.31. The quantitative estimate of drug-likeness (QED) is 0.576. The highest BCUT2D eigenvalue weighted by Crippen LogP contribution is 2.16. The molecule has 7 nitrogen and oxygen atoms in total. The number of benzene rings is 2. The number of furan rings is 1. The molecule has 0 spiro atoms. The Morgan fingerprint density at radius 2 is 1.74 bits per heavy atom. The van der Waals surface area contributed by atoms with Crippen molar-refractivity contribution in [1.82, 2.24) is 10.2 Å². The minimum atomic E-state index is -0.155. The molecule has 3 rings (SSSR count). The lowest BCUT2D eigenvalue weighted by molar-refractivity contribution is -0.132. The van der Waals surface area contributed by atoms with Crippen molar-refractivity contribution >= 4 is 11.8 Å². The third-order valence-electron chi connectivity index (χ3n) is 4.68. The van der Waals surface area contributed by atoms with Gasteiger partial charge in [-0.3, -0.25) is 9.59 Å². The lowest BCUT2D eigenvalue weighted by atomic mass is 10.1. The molecule has 158 valence electrons. The fourth-order valence-electron chi connectivity index (χ4n) is 3.05. The van der Waals surface area contributed by atoms with E-state index in [2.05, 4.69) is 5.32 Å². The molecule has 0 saturated heterocycles. The van der Waals surface area contributed by atoms with Crippen LogP contribution in [0.2, 0.25) is 0 Å². The second-order valence-corrected chi connectivity index (χ2v) is 6.87. The number of nitrogens with zero attached hydrogens (tertiary/aromatic N) is 2. The van der Waals surface area contributed by atoms with Crippen LogP contribution < -0.4 is 10.1 Å². The Morgan fingerprint density at radius 1 is 1.03 bits per heavy atom.